The molecule has 1 aromatic rings. The molecule has 1 aromatic heterocycles. The van der Waals surface area contributed by atoms with Crippen LogP contribution in [0.25, 0.3) is 0 Å². The molecule has 2 heterocycles. The predicted molar refractivity (Wildman–Crippen MR) is 95.3 cm³/mol. The van der Waals surface area contributed by atoms with E-state index >= 15 is 0 Å². The van der Waals surface area contributed by atoms with Gasteiger partial charge in [-0.3, -0.25) is 9.78 Å². The summed E-state index contributed by atoms with van der Waals surface area (Å²) < 4.78 is 5.86. The molecule has 0 bridgehead atoms. The molecule has 1 aliphatic heterocycles. The van der Waals surface area contributed by atoms with E-state index in [4.69, 9.17) is 4.74 Å². The van der Waals surface area contributed by atoms with E-state index in [0.29, 0.717) is 24.7 Å². The Bertz CT molecular complexity index is 710. The minimum atomic E-state index is -0.154. The molecule has 3 rings (SSSR count). The Morgan fingerprint density at radius 3 is 2.92 bits per heavy atom. The Labute approximate surface area is 148 Å². The number of allylic oxidation sites excluding steroid dienone is 1. The molecule has 0 spiro atoms. The van der Waals surface area contributed by atoms with E-state index in [0.717, 1.165) is 25.8 Å². The molecule has 1 aliphatic carbocycles. The lowest BCUT2D eigenvalue weighted by atomic mass is 9.89. The SMILES string of the molecule is CC(C)N1NCC=C1C1=C(COc2cncc(O)c2C=O)CCCC1. The predicted octanol–water partition coefficient (Wildman–Crippen LogP) is 2.96. The Morgan fingerprint density at radius 1 is 1.36 bits per heavy atom. The van der Waals surface area contributed by atoms with Crippen molar-refractivity contribution in [2.24, 2.45) is 0 Å². The molecule has 6 heteroatoms. The van der Waals surface area contributed by atoms with Gasteiger partial charge in [-0.15, -0.1) is 0 Å². The zero-order valence-corrected chi connectivity index (χ0v) is 14.8. The van der Waals surface area contributed by atoms with Crippen molar-refractivity contribution in [3.63, 3.8) is 0 Å². The summed E-state index contributed by atoms with van der Waals surface area (Å²) in [4.78, 5) is 15.1. The molecule has 2 N–H and O–H groups in total. The van der Waals surface area contributed by atoms with Crippen LogP contribution in [0.1, 0.15) is 49.9 Å². The first kappa shape index (κ1) is 17.5. The zero-order valence-electron chi connectivity index (χ0n) is 14.8. The van der Waals surface area contributed by atoms with Gasteiger partial charge in [-0.05, 0) is 56.8 Å². The third-order valence-corrected chi connectivity index (χ3v) is 4.67. The van der Waals surface area contributed by atoms with Crippen LogP contribution in [0.15, 0.2) is 35.3 Å². The third kappa shape index (κ3) is 3.69. The molecule has 0 saturated carbocycles. The van der Waals surface area contributed by atoms with E-state index in [9.17, 15) is 9.90 Å². The van der Waals surface area contributed by atoms with Gasteiger partial charge < -0.3 is 14.9 Å². The summed E-state index contributed by atoms with van der Waals surface area (Å²) in [5, 5.41) is 12.0. The molecule has 2 aliphatic rings. The summed E-state index contributed by atoms with van der Waals surface area (Å²) in [6.45, 7) is 5.59. The second kappa shape index (κ2) is 7.70. The van der Waals surface area contributed by atoms with Gasteiger partial charge >= 0.3 is 0 Å². The smallest absolute Gasteiger partial charge is 0.157 e. The molecule has 0 atom stereocenters. The van der Waals surface area contributed by atoms with E-state index in [1.54, 1.807) is 0 Å². The van der Waals surface area contributed by atoms with Gasteiger partial charge in [-0.1, -0.05) is 0 Å². The average Bonchev–Trinajstić information content (AvgIpc) is 3.10. The summed E-state index contributed by atoms with van der Waals surface area (Å²) in [6.07, 6.45) is 9.90. The van der Waals surface area contributed by atoms with Crippen molar-refractivity contribution in [2.75, 3.05) is 13.2 Å². The van der Waals surface area contributed by atoms with Crippen LogP contribution < -0.4 is 10.2 Å². The maximum absolute atomic E-state index is 11.2. The highest BCUT2D eigenvalue weighted by atomic mass is 16.5. The Kier molecular flexibility index (Phi) is 5.38. The zero-order chi connectivity index (χ0) is 17.8. The van der Waals surface area contributed by atoms with Crippen LogP contribution in [0.3, 0.4) is 0 Å². The molecule has 0 aromatic carbocycles. The topological polar surface area (TPSA) is 74.7 Å². The Morgan fingerprint density at radius 2 is 2.16 bits per heavy atom. The van der Waals surface area contributed by atoms with E-state index in [2.05, 4.69) is 35.3 Å². The fraction of sp³-hybridized carbons (Fsp3) is 0.474. The Balaban J connectivity index is 1.83. The number of aldehydes is 1. The molecule has 0 unspecified atom stereocenters. The number of hydrazine groups is 1. The number of carbonyl (C=O) groups is 1. The monoisotopic (exact) mass is 343 g/mol. The van der Waals surface area contributed by atoms with Gasteiger partial charge in [0.1, 0.15) is 17.9 Å². The number of rotatable bonds is 6. The first-order valence-electron chi connectivity index (χ1n) is 8.81. The van der Waals surface area contributed by atoms with E-state index in [1.165, 1.54) is 35.7 Å². The van der Waals surface area contributed by atoms with Gasteiger partial charge in [-0.25, -0.2) is 5.43 Å². The number of ether oxygens (including phenoxy) is 1. The number of pyridine rings is 1. The molecule has 134 valence electrons. The number of aromatic nitrogens is 1. The molecule has 25 heavy (non-hydrogen) atoms. The Hall–Kier alpha value is -2.34. The number of aromatic hydroxyl groups is 1. The maximum Gasteiger partial charge on any atom is 0.157 e. The fourth-order valence-electron chi connectivity index (χ4n) is 3.43. The van der Waals surface area contributed by atoms with Crippen molar-refractivity contribution in [1.29, 1.82) is 0 Å². The third-order valence-electron chi connectivity index (χ3n) is 4.67. The molecule has 0 fully saturated rings. The van der Waals surface area contributed by atoms with Crippen LogP contribution in [0.4, 0.5) is 0 Å². The summed E-state index contributed by atoms with van der Waals surface area (Å²) in [7, 11) is 0. The summed E-state index contributed by atoms with van der Waals surface area (Å²) in [6, 6.07) is 0.377. The second-order valence-corrected chi connectivity index (χ2v) is 6.68. The largest absolute Gasteiger partial charge is 0.505 e. The van der Waals surface area contributed by atoms with Crippen molar-refractivity contribution < 1.29 is 14.6 Å². The summed E-state index contributed by atoms with van der Waals surface area (Å²) in [5.74, 6) is 0.172. The molecule has 0 amide bonds. The molecule has 6 nitrogen and oxygen atoms in total. The quantitative estimate of drug-likeness (QED) is 0.774. The van der Waals surface area contributed by atoms with Crippen molar-refractivity contribution in [3.05, 3.63) is 40.9 Å². The number of nitrogens with zero attached hydrogens (tertiary/aromatic N) is 2. The van der Waals surface area contributed by atoms with Gasteiger partial charge in [0.05, 0.1) is 18.1 Å². The van der Waals surface area contributed by atoms with Gasteiger partial charge in [-0.2, -0.15) is 0 Å². The lowest BCUT2D eigenvalue weighted by Crippen LogP contribution is -2.38. The highest BCUT2D eigenvalue weighted by Crippen LogP contribution is 2.34. The number of nitrogens with one attached hydrogen (secondary N) is 1. The number of carbonyl (C=O) groups excluding carboxylic acids is 1. The van der Waals surface area contributed by atoms with Crippen molar-refractivity contribution in [3.8, 4) is 11.5 Å². The molecule has 0 radical (unpaired) electrons. The van der Waals surface area contributed by atoms with Crippen LogP contribution in [0, 0.1) is 0 Å². The highest BCUT2D eigenvalue weighted by molar-refractivity contribution is 5.82. The number of hydrogen-bond donors (Lipinski definition) is 2. The van der Waals surface area contributed by atoms with Crippen LogP contribution in [-0.4, -0.2) is 40.6 Å². The fourth-order valence-corrected chi connectivity index (χ4v) is 3.43. The molecular weight excluding hydrogens is 318 g/mol. The standard InChI is InChI=1S/C19H25N3O3/c1-13(2)22-17(7-8-21-22)15-6-4-3-5-14(15)12-25-19-10-20-9-18(24)16(19)11-23/h7,9-11,13,21,24H,3-6,8,12H2,1-2H3. The first-order valence-corrected chi connectivity index (χ1v) is 8.81. The van der Waals surface area contributed by atoms with E-state index in [-0.39, 0.29) is 11.3 Å². The summed E-state index contributed by atoms with van der Waals surface area (Å²) in [5.41, 5.74) is 7.39. The summed E-state index contributed by atoms with van der Waals surface area (Å²) >= 11 is 0. The van der Waals surface area contributed by atoms with Gasteiger partial charge in [0, 0.05) is 12.6 Å². The average molecular weight is 343 g/mol. The van der Waals surface area contributed by atoms with Crippen LogP contribution >= 0.6 is 0 Å². The van der Waals surface area contributed by atoms with E-state index < -0.39 is 0 Å². The van der Waals surface area contributed by atoms with Gasteiger partial charge in [0.25, 0.3) is 0 Å². The molecule has 0 saturated heterocycles. The highest BCUT2D eigenvalue weighted by Gasteiger charge is 2.25. The maximum atomic E-state index is 11.2. The minimum absolute atomic E-state index is 0.151. The first-order chi connectivity index (χ1) is 12.1. The van der Waals surface area contributed by atoms with Crippen LogP contribution in [0.5, 0.6) is 11.5 Å². The minimum Gasteiger partial charge on any atom is -0.505 e. The van der Waals surface area contributed by atoms with Crippen molar-refractivity contribution in [1.82, 2.24) is 15.4 Å². The second-order valence-electron chi connectivity index (χ2n) is 6.68. The molecular formula is C19H25N3O3. The lowest BCUT2D eigenvalue weighted by molar-refractivity contribution is 0.111. The lowest BCUT2D eigenvalue weighted by Gasteiger charge is -2.31. The van der Waals surface area contributed by atoms with Crippen LogP contribution in [-0.2, 0) is 0 Å². The number of hydrogen-bond acceptors (Lipinski definition) is 6. The van der Waals surface area contributed by atoms with Crippen molar-refractivity contribution in [2.45, 2.75) is 45.6 Å². The van der Waals surface area contributed by atoms with Gasteiger partial charge in [0.2, 0.25) is 0 Å². The normalized spacial score (nSPS) is 17.9. The van der Waals surface area contributed by atoms with Crippen LogP contribution in [0.2, 0.25) is 0 Å². The van der Waals surface area contributed by atoms with Crippen molar-refractivity contribution >= 4 is 6.29 Å². The van der Waals surface area contributed by atoms with E-state index in [1.807, 2.05) is 0 Å². The van der Waals surface area contributed by atoms with Gasteiger partial charge in [0.15, 0.2) is 12.0 Å².